The average Bonchev–Trinajstić information content (AvgIpc) is 3.22. The molecule has 0 atom stereocenters. The van der Waals surface area contributed by atoms with Crippen molar-refractivity contribution in [2.24, 2.45) is 23.3 Å². The molecule has 0 unspecified atom stereocenters. The van der Waals surface area contributed by atoms with Gasteiger partial charge < -0.3 is 36.1 Å². The predicted octanol–water partition coefficient (Wildman–Crippen LogP) is 6.42. The number of rotatable bonds is 8. The summed E-state index contributed by atoms with van der Waals surface area (Å²) in [6.07, 6.45) is 10.6. The Bertz CT molecular complexity index is 2070. The maximum absolute atomic E-state index is 11.6. The average molecular weight is 901 g/mol. The molecule has 0 aliphatic carbocycles. The minimum absolute atomic E-state index is 0.0191. The molecule has 2 aliphatic rings. The number of aryl methyl sites for hydroxylation is 2. The highest BCUT2D eigenvalue weighted by Gasteiger charge is 2.27. The second-order valence-electron chi connectivity index (χ2n) is 14.2. The third-order valence-electron chi connectivity index (χ3n) is 10.3. The SMILES string of the molecule is COc1ccc(-c2cncc(-c3ccc(C)cc3)c2N2CCC(C(N)=O)CC2)cc1.Cc1ccc(B(O)O)cc1.NC(=O)C1CCN(c2c(Br)cncc2Br)CC1. The van der Waals surface area contributed by atoms with Crippen LogP contribution in [-0.2, 0) is 9.59 Å². The molecule has 2 aromatic heterocycles. The fraction of sp³-hybridized carbons (Fsp3) is 0.302. The first-order chi connectivity index (χ1) is 27.4. The van der Waals surface area contributed by atoms with Gasteiger partial charge in [0, 0.05) is 73.9 Å². The second kappa shape index (κ2) is 20.6. The number of aromatic nitrogens is 2. The van der Waals surface area contributed by atoms with Crippen LogP contribution in [0, 0.1) is 25.7 Å². The third kappa shape index (κ3) is 11.7. The van der Waals surface area contributed by atoms with Crippen molar-refractivity contribution in [3.8, 4) is 28.0 Å². The fourth-order valence-electron chi connectivity index (χ4n) is 6.94. The lowest BCUT2D eigenvalue weighted by Gasteiger charge is -2.35. The molecule has 7 rings (SSSR count). The zero-order valence-electron chi connectivity index (χ0n) is 32.4. The molecule has 14 heteroatoms. The van der Waals surface area contributed by atoms with Crippen molar-refractivity contribution >= 4 is 67.6 Å². The van der Waals surface area contributed by atoms with Crippen molar-refractivity contribution in [3.05, 3.63) is 118 Å². The van der Waals surface area contributed by atoms with E-state index in [1.807, 2.05) is 43.6 Å². The van der Waals surface area contributed by atoms with Gasteiger partial charge in [-0.3, -0.25) is 19.6 Å². The highest BCUT2D eigenvalue weighted by Crippen LogP contribution is 2.41. The number of pyridine rings is 2. The summed E-state index contributed by atoms with van der Waals surface area (Å²) < 4.78 is 7.25. The normalized spacial score (nSPS) is 14.4. The summed E-state index contributed by atoms with van der Waals surface area (Å²) in [6, 6.07) is 23.7. The highest BCUT2D eigenvalue weighted by atomic mass is 79.9. The Hall–Kier alpha value is -4.76. The van der Waals surface area contributed by atoms with Crippen LogP contribution in [0.5, 0.6) is 5.75 Å². The first-order valence-electron chi connectivity index (χ1n) is 18.9. The molecule has 2 saturated heterocycles. The molecule has 2 amide bonds. The molecule has 2 aliphatic heterocycles. The Balaban J connectivity index is 0.000000192. The number of primary amides is 2. The van der Waals surface area contributed by atoms with Gasteiger partial charge in [0.05, 0.1) is 27.4 Å². The smallest absolute Gasteiger partial charge is 0.488 e. The summed E-state index contributed by atoms with van der Waals surface area (Å²) in [6.45, 7) is 7.31. The van der Waals surface area contributed by atoms with Crippen LogP contribution in [0.2, 0.25) is 0 Å². The Morgan fingerprint density at radius 2 is 1.04 bits per heavy atom. The zero-order chi connectivity index (χ0) is 41.1. The molecule has 298 valence electrons. The number of amides is 2. The minimum atomic E-state index is -1.35. The number of carbonyl (C=O) groups is 2. The number of nitrogens with zero attached hydrogens (tertiary/aromatic N) is 4. The van der Waals surface area contributed by atoms with Gasteiger partial charge in [0.25, 0.3) is 0 Å². The highest BCUT2D eigenvalue weighted by molar-refractivity contribution is 9.11. The van der Waals surface area contributed by atoms with Gasteiger partial charge in [0.2, 0.25) is 11.8 Å². The number of halogens is 2. The number of hydrogen-bond donors (Lipinski definition) is 4. The summed E-state index contributed by atoms with van der Waals surface area (Å²) >= 11 is 7.00. The van der Waals surface area contributed by atoms with Crippen molar-refractivity contribution in [2.45, 2.75) is 39.5 Å². The molecule has 4 heterocycles. The molecule has 2 fully saturated rings. The van der Waals surface area contributed by atoms with Crippen LogP contribution >= 0.6 is 31.9 Å². The van der Waals surface area contributed by atoms with E-state index in [1.54, 1.807) is 31.6 Å². The van der Waals surface area contributed by atoms with E-state index in [2.05, 4.69) is 94.9 Å². The molecule has 5 aromatic rings. The van der Waals surface area contributed by atoms with Crippen molar-refractivity contribution in [2.75, 3.05) is 43.1 Å². The van der Waals surface area contributed by atoms with Gasteiger partial charge in [-0.15, -0.1) is 0 Å². The standard InChI is InChI=1S/C25H27N3O2.C11H13Br2N3O.C7H9BO2/c1-17-3-5-18(6-4-17)22-15-27-16-23(19-7-9-21(30-2)10-8-19)24(22)28-13-11-20(12-14-28)25(26)29;12-8-5-15-6-9(13)10(8)16-3-1-7(2-4-16)11(14)17;1-6-2-4-7(5-3-6)8(9)10/h3-10,15-16,20H,11-14H2,1-2H3,(H2,26,29);5-7H,1-4H2,(H2,14,17);2-5,9-10H,1H3. The first-order valence-corrected chi connectivity index (χ1v) is 20.4. The van der Waals surface area contributed by atoms with Gasteiger partial charge in [0.1, 0.15) is 5.75 Å². The van der Waals surface area contributed by atoms with Crippen LogP contribution in [0.1, 0.15) is 36.8 Å². The zero-order valence-corrected chi connectivity index (χ0v) is 35.6. The number of hydrogen-bond acceptors (Lipinski definition) is 9. The Labute approximate surface area is 351 Å². The topological polar surface area (TPSA) is 168 Å². The largest absolute Gasteiger partial charge is 0.497 e. The molecule has 0 radical (unpaired) electrons. The van der Waals surface area contributed by atoms with Crippen molar-refractivity contribution in [1.29, 1.82) is 0 Å². The number of anilines is 2. The van der Waals surface area contributed by atoms with Gasteiger partial charge in [-0.05, 0) is 100 Å². The van der Waals surface area contributed by atoms with Crippen molar-refractivity contribution in [3.63, 3.8) is 0 Å². The molecular formula is C43H49BBr2N6O5. The van der Waals surface area contributed by atoms with E-state index in [9.17, 15) is 9.59 Å². The quantitative estimate of drug-likeness (QED) is 0.129. The van der Waals surface area contributed by atoms with Crippen molar-refractivity contribution in [1.82, 2.24) is 9.97 Å². The lowest BCUT2D eigenvalue weighted by molar-refractivity contribution is -0.123. The number of carbonyl (C=O) groups excluding carboxylic acids is 2. The van der Waals surface area contributed by atoms with Crippen LogP contribution in [0.3, 0.4) is 0 Å². The van der Waals surface area contributed by atoms with E-state index in [0.29, 0.717) is 5.46 Å². The van der Waals surface area contributed by atoms with Crippen LogP contribution in [-0.4, -0.2) is 72.2 Å². The second-order valence-corrected chi connectivity index (χ2v) is 15.9. The van der Waals surface area contributed by atoms with Crippen LogP contribution in [0.25, 0.3) is 22.3 Å². The van der Waals surface area contributed by atoms with E-state index in [4.69, 9.17) is 26.3 Å². The first kappa shape index (κ1) is 43.4. The van der Waals surface area contributed by atoms with Crippen LogP contribution < -0.4 is 31.5 Å². The predicted molar refractivity (Wildman–Crippen MR) is 235 cm³/mol. The third-order valence-corrected chi connectivity index (χ3v) is 11.5. The van der Waals surface area contributed by atoms with Gasteiger partial charge in [-0.2, -0.15) is 0 Å². The molecular weight excluding hydrogens is 851 g/mol. The molecule has 11 nitrogen and oxygen atoms in total. The van der Waals surface area contributed by atoms with E-state index in [0.717, 1.165) is 106 Å². The summed E-state index contributed by atoms with van der Waals surface area (Å²) in [5, 5.41) is 17.3. The Morgan fingerprint density at radius 3 is 1.44 bits per heavy atom. The number of ether oxygens (including phenoxy) is 1. The fourth-order valence-corrected chi connectivity index (χ4v) is 8.37. The summed E-state index contributed by atoms with van der Waals surface area (Å²) in [4.78, 5) is 36.0. The maximum Gasteiger partial charge on any atom is 0.488 e. The van der Waals surface area contributed by atoms with Crippen LogP contribution in [0.15, 0.2) is 107 Å². The lowest BCUT2D eigenvalue weighted by Crippen LogP contribution is -2.39. The summed E-state index contributed by atoms with van der Waals surface area (Å²) in [5.41, 5.74) is 20.4. The van der Waals surface area contributed by atoms with E-state index >= 15 is 0 Å². The van der Waals surface area contributed by atoms with E-state index in [-0.39, 0.29) is 23.7 Å². The molecule has 0 saturated carbocycles. The van der Waals surface area contributed by atoms with Crippen LogP contribution in [0.4, 0.5) is 11.4 Å². The Kier molecular flexibility index (Phi) is 15.7. The number of piperidine rings is 2. The minimum Gasteiger partial charge on any atom is -0.497 e. The molecule has 0 spiro atoms. The van der Waals surface area contributed by atoms with E-state index < -0.39 is 7.12 Å². The molecule has 57 heavy (non-hydrogen) atoms. The molecule has 6 N–H and O–H groups in total. The molecule has 0 bridgehead atoms. The maximum atomic E-state index is 11.6. The number of methoxy groups -OCH3 is 1. The lowest BCUT2D eigenvalue weighted by atomic mass is 9.80. The summed E-state index contributed by atoms with van der Waals surface area (Å²) in [5.74, 6) is 0.419. The number of benzene rings is 3. The van der Waals surface area contributed by atoms with Gasteiger partial charge in [0.15, 0.2) is 0 Å². The van der Waals surface area contributed by atoms with Gasteiger partial charge in [-0.25, -0.2) is 0 Å². The summed E-state index contributed by atoms with van der Waals surface area (Å²) in [7, 11) is 0.323. The number of nitrogens with two attached hydrogens (primary N) is 2. The van der Waals surface area contributed by atoms with E-state index in [1.165, 1.54) is 5.56 Å². The molecule has 3 aromatic carbocycles. The van der Waals surface area contributed by atoms with Crippen molar-refractivity contribution < 1.29 is 24.4 Å². The van der Waals surface area contributed by atoms with Gasteiger partial charge >= 0.3 is 7.12 Å². The monoisotopic (exact) mass is 898 g/mol. The Morgan fingerprint density at radius 1 is 0.649 bits per heavy atom. The van der Waals surface area contributed by atoms with Gasteiger partial charge in [-0.1, -0.05) is 71.8 Å².